The molecule has 2 amide bonds. The molecule has 1 aliphatic heterocycles. The molecule has 1 saturated heterocycles. The van der Waals surface area contributed by atoms with Crippen LogP contribution in [0.2, 0.25) is 5.02 Å². The van der Waals surface area contributed by atoms with E-state index in [2.05, 4.69) is 11.9 Å². The first kappa shape index (κ1) is 21.4. The van der Waals surface area contributed by atoms with Crippen molar-refractivity contribution >= 4 is 52.8 Å². The molecule has 10 heteroatoms. The molecule has 2 rings (SSSR count). The van der Waals surface area contributed by atoms with Gasteiger partial charge >= 0.3 is 5.97 Å². The van der Waals surface area contributed by atoms with Gasteiger partial charge in [0.05, 0.1) is 11.6 Å². The minimum atomic E-state index is -1.17. The zero-order valence-electron chi connectivity index (χ0n) is 14.9. The molecule has 1 aromatic rings. The fraction of sp³-hybridized carbons (Fsp3) is 0.222. The molecule has 1 aliphatic rings. The van der Waals surface area contributed by atoms with Gasteiger partial charge in [-0.2, -0.15) is 0 Å². The van der Waals surface area contributed by atoms with Crippen molar-refractivity contribution in [3.05, 3.63) is 40.9 Å². The lowest BCUT2D eigenvalue weighted by molar-refractivity contribution is -0.139. The third-order valence-electron chi connectivity index (χ3n) is 3.48. The number of benzene rings is 1. The van der Waals surface area contributed by atoms with Gasteiger partial charge in [-0.1, -0.05) is 17.7 Å². The van der Waals surface area contributed by atoms with Crippen LogP contribution in [0.3, 0.4) is 0 Å². The van der Waals surface area contributed by atoms with Crippen molar-refractivity contribution in [2.24, 2.45) is 0 Å². The average Bonchev–Trinajstić information content (AvgIpc) is 2.61. The van der Waals surface area contributed by atoms with Crippen LogP contribution < -0.4 is 14.8 Å². The van der Waals surface area contributed by atoms with Gasteiger partial charge in [-0.15, -0.1) is 6.58 Å². The summed E-state index contributed by atoms with van der Waals surface area (Å²) in [6, 6.07) is 2.92. The number of hydrogen-bond acceptors (Lipinski definition) is 6. The highest BCUT2D eigenvalue weighted by atomic mass is 35.5. The topological polar surface area (TPSA) is 105 Å². The molecule has 0 unspecified atom stereocenters. The molecule has 0 spiro atoms. The van der Waals surface area contributed by atoms with Crippen molar-refractivity contribution in [2.45, 2.75) is 6.92 Å². The maximum Gasteiger partial charge on any atom is 0.341 e. The first-order valence-electron chi connectivity index (χ1n) is 8.09. The van der Waals surface area contributed by atoms with Gasteiger partial charge in [-0.3, -0.25) is 19.8 Å². The third kappa shape index (κ3) is 4.87. The van der Waals surface area contributed by atoms with E-state index in [1.165, 1.54) is 29.2 Å². The van der Waals surface area contributed by atoms with Crippen molar-refractivity contribution in [1.29, 1.82) is 0 Å². The van der Waals surface area contributed by atoms with Crippen LogP contribution in [-0.4, -0.2) is 52.7 Å². The van der Waals surface area contributed by atoms with Gasteiger partial charge in [0.25, 0.3) is 11.8 Å². The first-order valence-corrected chi connectivity index (χ1v) is 8.87. The van der Waals surface area contributed by atoms with Gasteiger partial charge in [0, 0.05) is 6.54 Å². The zero-order chi connectivity index (χ0) is 20.8. The lowest BCUT2D eigenvalue weighted by Gasteiger charge is -2.27. The summed E-state index contributed by atoms with van der Waals surface area (Å²) in [5, 5.41) is 11.3. The van der Waals surface area contributed by atoms with Gasteiger partial charge in [0.15, 0.2) is 23.2 Å². The Labute approximate surface area is 171 Å². The average molecular weight is 425 g/mol. The number of aliphatic carboxylic acids is 1. The molecular weight excluding hydrogens is 408 g/mol. The molecule has 1 heterocycles. The number of halogens is 1. The predicted molar refractivity (Wildman–Crippen MR) is 106 cm³/mol. The Balaban J connectivity index is 2.44. The normalized spacial score (nSPS) is 15.4. The van der Waals surface area contributed by atoms with E-state index in [9.17, 15) is 14.4 Å². The Hall–Kier alpha value is -2.91. The fourth-order valence-corrected chi connectivity index (χ4v) is 2.89. The SMILES string of the molecule is C=CCN1C(=O)/C(=C/c2cc(Cl)c(OCC(=O)O)c(OCC)c2)C(=O)NC1=S. The Bertz CT molecular complexity index is 883. The Morgan fingerprint density at radius 1 is 1.39 bits per heavy atom. The Morgan fingerprint density at radius 2 is 2.11 bits per heavy atom. The third-order valence-corrected chi connectivity index (χ3v) is 4.08. The summed E-state index contributed by atoms with van der Waals surface area (Å²) in [5.74, 6) is -2.15. The Kier molecular flexibility index (Phi) is 7.13. The second-order valence-electron chi connectivity index (χ2n) is 5.47. The molecule has 0 atom stereocenters. The van der Waals surface area contributed by atoms with Gasteiger partial charge in [-0.25, -0.2) is 4.79 Å². The maximum atomic E-state index is 12.6. The number of amides is 2. The summed E-state index contributed by atoms with van der Waals surface area (Å²) in [5.41, 5.74) is 0.245. The molecule has 0 radical (unpaired) electrons. The van der Waals surface area contributed by atoms with E-state index in [0.717, 1.165) is 0 Å². The first-order chi connectivity index (χ1) is 13.3. The molecule has 28 heavy (non-hydrogen) atoms. The van der Waals surface area contributed by atoms with E-state index in [1.54, 1.807) is 6.92 Å². The summed E-state index contributed by atoms with van der Waals surface area (Å²) >= 11 is 11.2. The van der Waals surface area contributed by atoms with Crippen LogP contribution >= 0.6 is 23.8 Å². The molecule has 0 aromatic heterocycles. The molecule has 1 aromatic carbocycles. The quantitative estimate of drug-likeness (QED) is 0.284. The van der Waals surface area contributed by atoms with Crippen molar-refractivity contribution < 1.29 is 29.0 Å². The maximum absolute atomic E-state index is 12.6. The fourth-order valence-electron chi connectivity index (χ4n) is 2.36. The number of hydrogen-bond donors (Lipinski definition) is 2. The van der Waals surface area contributed by atoms with Gasteiger partial charge < -0.3 is 14.6 Å². The smallest absolute Gasteiger partial charge is 0.341 e. The minimum Gasteiger partial charge on any atom is -0.490 e. The summed E-state index contributed by atoms with van der Waals surface area (Å²) in [6.45, 7) is 5.09. The van der Waals surface area contributed by atoms with Crippen LogP contribution in [0.4, 0.5) is 0 Å². The number of nitrogens with one attached hydrogen (secondary N) is 1. The van der Waals surface area contributed by atoms with E-state index in [0.29, 0.717) is 5.56 Å². The van der Waals surface area contributed by atoms with Gasteiger partial charge in [0.1, 0.15) is 5.57 Å². The van der Waals surface area contributed by atoms with Crippen LogP contribution in [0.25, 0.3) is 6.08 Å². The predicted octanol–water partition coefficient (Wildman–Crippen LogP) is 2.01. The van der Waals surface area contributed by atoms with Gasteiger partial charge in [-0.05, 0) is 42.9 Å². The number of ether oxygens (including phenoxy) is 2. The summed E-state index contributed by atoms with van der Waals surface area (Å²) in [6.07, 6.45) is 2.82. The van der Waals surface area contributed by atoms with Crippen LogP contribution in [0.5, 0.6) is 11.5 Å². The lowest BCUT2D eigenvalue weighted by Crippen LogP contribution is -2.53. The van der Waals surface area contributed by atoms with Crippen molar-refractivity contribution in [2.75, 3.05) is 19.8 Å². The highest BCUT2D eigenvalue weighted by Gasteiger charge is 2.32. The molecule has 0 bridgehead atoms. The summed E-state index contributed by atoms with van der Waals surface area (Å²) in [7, 11) is 0. The molecular formula is C18H17ClN2O6S. The molecule has 2 N–H and O–H groups in total. The highest BCUT2D eigenvalue weighted by molar-refractivity contribution is 7.80. The van der Waals surface area contributed by atoms with E-state index < -0.39 is 24.4 Å². The molecule has 148 valence electrons. The van der Waals surface area contributed by atoms with E-state index in [-0.39, 0.29) is 40.4 Å². The van der Waals surface area contributed by atoms with E-state index in [1.807, 2.05) is 0 Å². The summed E-state index contributed by atoms with van der Waals surface area (Å²) in [4.78, 5) is 36.7. The highest BCUT2D eigenvalue weighted by Crippen LogP contribution is 2.37. The number of rotatable bonds is 8. The van der Waals surface area contributed by atoms with Crippen LogP contribution in [0.1, 0.15) is 12.5 Å². The Morgan fingerprint density at radius 3 is 2.71 bits per heavy atom. The minimum absolute atomic E-state index is 0.00231. The molecule has 8 nitrogen and oxygen atoms in total. The van der Waals surface area contributed by atoms with Crippen LogP contribution in [0.15, 0.2) is 30.4 Å². The largest absolute Gasteiger partial charge is 0.490 e. The standard InChI is InChI=1S/C18H17ClN2O6S/c1-3-5-21-17(25)11(16(24)20-18(21)28)6-10-7-12(19)15(27-9-14(22)23)13(8-10)26-4-2/h3,6-8H,1,4-5,9H2,2H3,(H,22,23)(H,20,24,28)/b11-6+. The van der Waals surface area contributed by atoms with Gasteiger partial charge in [0.2, 0.25) is 0 Å². The summed E-state index contributed by atoms with van der Waals surface area (Å²) < 4.78 is 10.6. The number of carboxylic acids is 1. The monoisotopic (exact) mass is 424 g/mol. The number of thiocarbonyl (C=S) groups is 1. The number of carbonyl (C=O) groups is 3. The number of carboxylic acid groups (broad SMARTS) is 1. The number of carbonyl (C=O) groups excluding carboxylic acids is 2. The lowest BCUT2D eigenvalue weighted by atomic mass is 10.1. The molecule has 0 aliphatic carbocycles. The van der Waals surface area contributed by atoms with Crippen molar-refractivity contribution in [1.82, 2.24) is 10.2 Å². The molecule has 1 fully saturated rings. The second kappa shape index (κ2) is 9.34. The molecule has 0 saturated carbocycles. The zero-order valence-corrected chi connectivity index (χ0v) is 16.4. The second-order valence-corrected chi connectivity index (χ2v) is 6.26. The van der Waals surface area contributed by atoms with Crippen molar-refractivity contribution in [3.8, 4) is 11.5 Å². The van der Waals surface area contributed by atoms with E-state index in [4.69, 9.17) is 38.4 Å². The van der Waals surface area contributed by atoms with Crippen LogP contribution in [-0.2, 0) is 14.4 Å². The number of nitrogens with zero attached hydrogens (tertiary/aromatic N) is 1. The van der Waals surface area contributed by atoms with Crippen LogP contribution in [0, 0.1) is 0 Å². The van der Waals surface area contributed by atoms with E-state index >= 15 is 0 Å². The van der Waals surface area contributed by atoms with Crippen molar-refractivity contribution in [3.63, 3.8) is 0 Å².